The van der Waals surface area contributed by atoms with E-state index in [9.17, 15) is 9.18 Å². The Kier molecular flexibility index (Phi) is 4.97. The average molecular weight is 430 g/mol. The molecule has 0 radical (unpaired) electrons. The molecule has 7 nitrogen and oxygen atoms in total. The van der Waals surface area contributed by atoms with E-state index in [0.717, 1.165) is 36.3 Å². The van der Waals surface area contributed by atoms with E-state index in [1.54, 1.807) is 18.5 Å². The highest BCUT2D eigenvalue weighted by Crippen LogP contribution is 2.33. The van der Waals surface area contributed by atoms with Crippen LogP contribution in [-0.4, -0.2) is 48.9 Å². The molecule has 1 aromatic heterocycles. The Balaban J connectivity index is 1.49. The lowest BCUT2D eigenvalue weighted by Gasteiger charge is -2.27. The predicted molar refractivity (Wildman–Crippen MR) is 124 cm³/mol. The van der Waals surface area contributed by atoms with Crippen LogP contribution in [0.4, 0.5) is 15.9 Å². The van der Waals surface area contributed by atoms with E-state index < -0.39 is 5.95 Å². The summed E-state index contributed by atoms with van der Waals surface area (Å²) in [7, 11) is 1.93. The van der Waals surface area contributed by atoms with Gasteiger partial charge in [0.2, 0.25) is 5.95 Å². The van der Waals surface area contributed by atoms with Gasteiger partial charge in [-0.1, -0.05) is 24.3 Å². The first-order valence-corrected chi connectivity index (χ1v) is 10.5. The number of aromatic nitrogens is 1. The topological polar surface area (TPSA) is 86.8 Å². The van der Waals surface area contributed by atoms with Crippen molar-refractivity contribution in [1.29, 1.82) is 0 Å². The summed E-state index contributed by atoms with van der Waals surface area (Å²) in [6, 6.07) is 14.9. The van der Waals surface area contributed by atoms with E-state index >= 15 is 0 Å². The minimum absolute atomic E-state index is 0.0748. The first-order valence-electron chi connectivity index (χ1n) is 10.5. The van der Waals surface area contributed by atoms with E-state index in [0.29, 0.717) is 28.8 Å². The second-order valence-electron chi connectivity index (χ2n) is 7.99. The fraction of sp³-hybridized carbons (Fsp3) is 0.208. The van der Waals surface area contributed by atoms with E-state index in [4.69, 9.17) is 5.73 Å². The Bertz CT molecular complexity index is 1220. The highest BCUT2D eigenvalue weighted by molar-refractivity contribution is 5.97. The molecule has 0 aliphatic carbocycles. The van der Waals surface area contributed by atoms with Gasteiger partial charge in [0.05, 0.1) is 6.54 Å². The zero-order valence-corrected chi connectivity index (χ0v) is 17.7. The van der Waals surface area contributed by atoms with Gasteiger partial charge >= 0.3 is 0 Å². The fourth-order valence-electron chi connectivity index (χ4n) is 4.08. The van der Waals surface area contributed by atoms with E-state index in [-0.39, 0.29) is 11.7 Å². The van der Waals surface area contributed by atoms with Crippen LogP contribution in [0.1, 0.15) is 15.9 Å². The van der Waals surface area contributed by atoms with Crippen LogP contribution in [0.15, 0.2) is 53.6 Å². The lowest BCUT2D eigenvalue weighted by molar-refractivity contribution is 0.0946. The minimum Gasteiger partial charge on any atom is -0.383 e. The molecule has 2 aliphatic rings. The Hall–Kier alpha value is -3.94. The molecule has 32 heavy (non-hydrogen) atoms. The quantitative estimate of drug-likeness (QED) is 0.624. The number of amides is 1. The van der Waals surface area contributed by atoms with Crippen molar-refractivity contribution in [3.8, 4) is 22.3 Å². The zero-order chi connectivity index (χ0) is 22.2. The van der Waals surface area contributed by atoms with Crippen molar-refractivity contribution in [3.05, 3.63) is 65.6 Å². The fourth-order valence-corrected chi connectivity index (χ4v) is 4.08. The third-order valence-electron chi connectivity index (χ3n) is 5.91. The highest BCUT2D eigenvalue weighted by Gasteiger charge is 2.19. The molecule has 5 rings (SSSR count). The van der Waals surface area contributed by atoms with Gasteiger partial charge in [0, 0.05) is 42.5 Å². The van der Waals surface area contributed by atoms with Crippen molar-refractivity contribution in [3.63, 3.8) is 0 Å². The van der Waals surface area contributed by atoms with Crippen LogP contribution in [0.5, 0.6) is 0 Å². The number of anilines is 2. The lowest BCUT2D eigenvalue weighted by atomic mass is 9.94. The molecule has 3 aromatic rings. The van der Waals surface area contributed by atoms with Gasteiger partial charge in [0.15, 0.2) is 0 Å². The number of hydrogen-bond donors (Lipinski definition) is 2. The molecule has 0 saturated heterocycles. The molecule has 8 heteroatoms. The number of hydrogen-bond acceptors (Lipinski definition) is 6. The van der Waals surface area contributed by atoms with Gasteiger partial charge in [-0.15, -0.1) is 0 Å². The minimum atomic E-state index is -0.613. The van der Waals surface area contributed by atoms with Gasteiger partial charge in [-0.05, 0) is 47.4 Å². The van der Waals surface area contributed by atoms with Crippen LogP contribution in [0, 0.1) is 5.95 Å². The summed E-state index contributed by atoms with van der Waals surface area (Å²) in [6.45, 7) is 2.26. The number of carbonyl (C=O) groups is 1. The molecule has 3 N–H and O–H groups in total. The Morgan fingerprint density at radius 1 is 1.00 bits per heavy atom. The Labute approximate surface area is 185 Å². The molecule has 2 aromatic carbocycles. The molecule has 0 saturated carbocycles. The Morgan fingerprint density at radius 3 is 2.53 bits per heavy atom. The number of pyridine rings is 1. The molecule has 0 bridgehead atoms. The van der Waals surface area contributed by atoms with Gasteiger partial charge in [0.25, 0.3) is 5.91 Å². The van der Waals surface area contributed by atoms with Crippen LogP contribution in [0.25, 0.3) is 22.3 Å². The van der Waals surface area contributed by atoms with Crippen molar-refractivity contribution in [2.45, 2.75) is 6.42 Å². The number of nitrogens with two attached hydrogens (primary N) is 1. The molecular formula is C24H23FN6O. The van der Waals surface area contributed by atoms with E-state index in [1.807, 2.05) is 48.5 Å². The molecule has 3 heterocycles. The maximum absolute atomic E-state index is 14.8. The summed E-state index contributed by atoms with van der Waals surface area (Å²) in [4.78, 5) is 18.1. The Morgan fingerprint density at radius 2 is 1.78 bits per heavy atom. The largest absolute Gasteiger partial charge is 0.383 e. The molecule has 0 spiro atoms. The van der Waals surface area contributed by atoms with Crippen molar-refractivity contribution >= 4 is 23.8 Å². The first-order chi connectivity index (χ1) is 15.5. The monoisotopic (exact) mass is 430 g/mol. The van der Waals surface area contributed by atoms with Crippen LogP contribution in [0.3, 0.4) is 0 Å². The molecule has 162 valence electrons. The van der Waals surface area contributed by atoms with Crippen molar-refractivity contribution in [2.24, 2.45) is 5.10 Å². The number of benzene rings is 2. The van der Waals surface area contributed by atoms with Gasteiger partial charge in [-0.3, -0.25) is 9.80 Å². The van der Waals surface area contributed by atoms with Gasteiger partial charge in [0.1, 0.15) is 12.2 Å². The number of halogens is 1. The first kappa shape index (κ1) is 20.0. The molecular weight excluding hydrogens is 407 g/mol. The van der Waals surface area contributed by atoms with Gasteiger partial charge in [-0.2, -0.15) is 9.49 Å². The van der Waals surface area contributed by atoms with Crippen LogP contribution >= 0.6 is 0 Å². The number of nitrogens with zero attached hydrogens (tertiary/aromatic N) is 4. The lowest BCUT2D eigenvalue weighted by Crippen LogP contribution is -2.35. The summed E-state index contributed by atoms with van der Waals surface area (Å²) in [5, 5.41) is 9.02. The molecule has 1 amide bonds. The predicted octanol–water partition coefficient (Wildman–Crippen LogP) is 3.12. The zero-order valence-electron chi connectivity index (χ0n) is 17.7. The average Bonchev–Trinajstić information content (AvgIpc) is 2.80. The number of likely N-dealkylation sites (N-methyl/N-ethyl adjacent to an activating group) is 1. The number of nitrogen functional groups attached to an aromatic ring is 1. The second-order valence-corrected chi connectivity index (χ2v) is 7.99. The molecule has 2 aliphatic heterocycles. The molecule has 0 fully saturated rings. The van der Waals surface area contributed by atoms with E-state index in [1.165, 1.54) is 0 Å². The number of rotatable bonds is 3. The maximum Gasteiger partial charge on any atom is 0.251 e. The number of carbonyl (C=O) groups excluding carboxylic acids is 1. The summed E-state index contributed by atoms with van der Waals surface area (Å²) in [5.41, 5.74) is 11.2. The number of nitrogens with one attached hydrogen (secondary N) is 1. The van der Waals surface area contributed by atoms with Crippen LogP contribution < -0.4 is 16.0 Å². The SMILES string of the molecule is CN1CCN(c2ccc(-c3cc(-c4ccc5c(c4)CCNC5=O)c(N)nc3F)cc2)C=N1. The normalized spacial score (nSPS) is 15.5. The van der Waals surface area contributed by atoms with E-state index in [2.05, 4.69) is 20.3 Å². The third kappa shape index (κ3) is 3.64. The van der Waals surface area contributed by atoms with Crippen LogP contribution in [0.2, 0.25) is 0 Å². The highest BCUT2D eigenvalue weighted by atomic mass is 19.1. The summed E-state index contributed by atoms with van der Waals surface area (Å²) in [6.07, 6.45) is 2.53. The summed E-state index contributed by atoms with van der Waals surface area (Å²) in [5.74, 6) is -0.566. The van der Waals surface area contributed by atoms with Crippen molar-refractivity contribution in [1.82, 2.24) is 15.3 Å². The van der Waals surface area contributed by atoms with Gasteiger partial charge < -0.3 is 16.0 Å². The standard InChI is InChI=1S/C24H23FN6O/c1-30-10-11-31(14-28-30)18-5-2-15(3-6-18)20-13-21(23(26)29-22(20)25)16-4-7-19-17(12-16)8-9-27-24(19)32/h2-7,12-14H,8-11H2,1H3,(H2,26,29)(H,27,32). The van der Waals surface area contributed by atoms with Crippen molar-refractivity contribution < 1.29 is 9.18 Å². The molecule has 0 unspecified atom stereocenters. The summed E-state index contributed by atoms with van der Waals surface area (Å²) < 4.78 is 14.8. The van der Waals surface area contributed by atoms with Crippen molar-refractivity contribution in [2.75, 3.05) is 37.3 Å². The second kappa shape index (κ2) is 7.96. The third-order valence-corrected chi connectivity index (χ3v) is 5.91. The maximum atomic E-state index is 14.8. The number of hydrazone groups is 1. The van der Waals surface area contributed by atoms with Crippen LogP contribution in [-0.2, 0) is 6.42 Å². The van der Waals surface area contributed by atoms with Gasteiger partial charge in [-0.25, -0.2) is 4.98 Å². The number of fused-ring (bicyclic) bond motifs is 1. The smallest absolute Gasteiger partial charge is 0.251 e. The summed E-state index contributed by atoms with van der Waals surface area (Å²) >= 11 is 0. The molecule has 0 atom stereocenters.